The number of imidazole rings is 1. The molecule has 0 aliphatic heterocycles. The van der Waals surface area contributed by atoms with Crippen LogP contribution in [-0.4, -0.2) is 35.0 Å². The third kappa shape index (κ3) is 2.63. The third-order valence-corrected chi connectivity index (χ3v) is 4.95. The van der Waals surface area contributed by atoms with Gasteiger partial charge in [-0.2, -0.15) is 5.21 Å². The molecular weight excluding hydrogens is 350 g/mol. The number of hydrogen-bond donors (Lipinski definition) is 1. The molecule has 3 heterocycles. The van der Waals surface area contributed by atoms with Crippen molar-refractivity contribution in [2.24, 2.45) is 0 Å². The molecule has 0 bridgehead atoms. The standard InChI is InChI=1S/C21H19N7/c1-21(2,3)15-7-4-13(5-8-15)18-20-22-10-11-28(20)17-9-6-14(12-16(17)23-18)19-24-26-27-25-19/h4-12H,1-3H3,(H,24,25,26,27). The second-order valence-corrected chi connectivity index (χ2v) is 7.85. The van der Waals surface area contributed by atoms with Crippen molar-refractivity contribution >= 4 is 16.7 Å². The molecule has 0 radical (unpaired) electrons. The molecule has 0 aliphatic rings. The second kappa shape index (κ2) is 5.95. The first-order valence-electron chi connectivity index (χ1n) is 9.12. The Kier molecular flexibility index (Phi) is 3.52. The summed E-state index contributed by atoms with van der Waals surface area (Å²) in [4.78, 5) is 9.49. The Balaban J connectivity index is 1.72. The number of benzene rings is 2. The smallest absolute Gasteiger partial charge is 0.204 e. The van der Waals surface area contributed by atoms with Crippen LogP contribution in [0.1, 0.15) is 26.3 Å². The van der Waals surface area contributed by atoms with Gasteiger partial charge in [-0.25, -0.2) is 9.97 Å². The zero-order chi connectivity index (χ0) is 19.3. The number of aromatic amines is 1. The van der Waals surface area contributed by atoms with Crippen molar-refractivity contribution in [2.45, 2.75) is 26.2 Å². The maximum absolute atomic E-state index is 4.94. The molecule has 0 saturated carbocycles. The van der Waals surface area contributed by atoms with E-state index in [9.17, 15) is 0 Å². The van der Waals surface area contributed by atoms with Gasteiger partial charge in [0.05, 0.1) is 11.0 Å². The van der Waals surface area contributed by atoms with Crippen LogP contribution in [0.25, 0.3) is 39.3 Å². The molecule has 5 aromatic rings. The number of nitrogens with one attached hydrogen (secondary N) is 1. The van der Waals surface area contributed by atoms with E-state index in [1.807, 2.05) is 24.4 Å². The van der Waals surface area contributed by atoms with Crippen LogP contribution in [-0.2, 0) is 5.41 Å². The van der Waals surface area contributed by atoms with Crippen molar-refractivity contribution in [1.29, 1.82) is 0 Å². The Hall–Kier alpha value is -3.61. The largest absolute Gasteiger partial charge is 0.296 e. The maximum atomic E-state index is 4.94. The lowest BCUT2D eigenvalue weighted by Gasteiger charge is -2.19. The van der Waals surface area contributed by atoms with Crippen LogP contribution >= 0.6 is 0 Å². The van der Waals surface area contributed by atoms with E-state index in [0.717, 1.165) is 33.5 Å². The predicted molar refractivity (Wildman–Crippen MR) is 108 cm³/mol. The molecular formula is C21H19N7. The molecule has 0 spiro atoms. The molecule has 0 atom stereocenters. The lowest BCUT2D eigenvalue weighted by Crippen LogP contribution is -2.10. The number of fused-ring (bicyclic) bond motifs is 3. The van der Waals surface area contributed by atoms with E-state index in [1.54, 1.807) is 6.20 Å². The normalized spacial score (nSPS) is 12.1. The molecule has 0 amide bonds. The van der Waals surface area contributed by atoms with Crippen molar-refractivity contribution in [2.75, 3.05) is 0 Å². The maximum Gasteiger partial charge on any atom is 0.204 e. The van der Waals surface area contributed by atoms with Gasteiger partial charge in [0.2, 0.25) is 5.82 Å². The molecule has 0 aliphatic carbocycles. The lowest BCUT2D eigenvalue weighted by molar-refractivity contribution is 0.590. The van der Waals surface area contributed by atoms with E-state index in [4.69, 9.17) is 4.98 Å². The average molecular weight is 369 g/mol. The molecule has 0 saturated heterocycles. The van der Waals surface area contributed by atoms with Crippen LogP contribution in [0.3, 0.4) is 0 Å². The zero-order valence-electron chi connectivity index (χ0n) is 15.9. The summed E-state index contributed by atoms with van der Waals surface area (Å²) in [6.07, 6.45) is 3.76. The number of tetrazole rings is 1. The molecule has 28 heavy (non-hydrogen) atoms. The summed E-state index contributed by atoms with van der Waals surface area (Å²) in [5, 5.41) is 14.3. The fourth-order valence-electron chi connectivity index (χ4n) is 3.41. The molecule has 7 nitrogen and oxygen atoms in total. The van der Waals surface area contributed by atoms with Crippen molar-refractivity contribution in [3.05, 3.63) is 60.4 Å². The minimum Gasteiger partial charge on any atom is -0.296 e. The van der Waals surface area contributed by atoms with Crippen molar-refractivity contribution in [3.63, 3.8) is 0 Å². The summed E-state index contributed by atoms with van der Waals surface area (Å²) in [5.41, 5.74) is 6.82. The highest BCUT2D eigenvalue weighted by Gasteiger charge is 2.16. The summed E-state index contributed by atoms with van der Waals surface area (Å²) in [7, 11) is 0. The number of hydrogen-bond acceptors (Lipinski definition) is 5. The SMILES string of the molecule is CC(C)(C)c1ccc(-c2nc3cc(-c4nn[nH]n4)ccc3n3ccnc23)cc1. The summed E-state index contributed by atoms with van der Waals surface area (Å²) in [6.45, 7) is 6.63. The van der Waals surface area contributed by atoms with Gasteiger partial charge < -0.3 is 0 Å². The first-order valence-corrected chi connectivity index (χ1v) is 9.12. The van der Waals surface area contributed by atoms with Gasteiger partial charge in [0, 0.05) is 23.5 Å². The van der Waals surface area contributed by atoms with Crippen LogP contribution < -0.4 is 0 Å². The van der Waals surface area contributed by atoms with E-state index in [-0.39, 0.29) is 5.41 Å². The molecule has 0 fully saturated rings. The van der Waals surface area contributed by atoms with Crippen molar-refractivity contribution in [1.82, 2.24) is 35.0 Å². The van der Waals surface area contributed by atoms with Gasteiger partial charge >= 0.3 is 0 Å². The van der Waals surface area contributed by atoms with Gasteiger partial charge in [-0.3, -0.25) is 4.40 Å². The molecule has 7 heteroatoms. The van der Waals surface area contributed by atoms with Gasteiger partial charge in [-0.1, -0.05) is 45.0 Å². The van der Waals surface area contributed by atoms with Gasteiger partial charge in [0.1, 0.15) is 5.69 Å². The summed E-state index contributed by atoms with van der Waals surface area (Å²) >= 11 is 0. The summed E-state index contributed by atoms with van der Waals surface area (Å²) in [6, 6.07) is 14.5. The monoisotopic (exact) mass is 369 g/mol. The van der Waals surface area contributed by atoms with Crippen LogP contribution in [0.15, 0.2) is 54.9 Å². The van der Waals surface area contributed by atoms with Gasteiger partial charge in [-0.15, -0.1) is 10.2 Å². The Morgan fingerprint density at radius 2 is 1.75 bits per heavy atom. The number of H-pyrrole nitrogens is 1. The topological polar surface area (TPSA) is 84.6 Å². The Bertz CT molecular complexity index is 1280. The van der Waals surface area contributed by atoms with E-state index in [2.05, 4.69) is 75.0 Å². The number of aromatic nitrogens is 7. The van der Waals surface area contributed by atoms with Crippen LogP contribution in [0, 0.1) is 0 Å². The first kappa shape index (κ1) is 16.6. The van der Waals surface area contributed by atoms with E-state index in [0.29, 0.717) is 5.82 Å². The van der Waals surface area contributed by atoms with Crippen LogP contribution in [0.5, 0.6) is 0 Å². The molecule has 138 valence electrons. The number of rotatable bonds is 2. The molecule has 5 rings (SSSR count). The minimum atomic E-state index is 0.109. The van der Waals surface area contributed by atoms with Crippen molar-refractivity contribution < 1.29 is 0 Å². The minimum absolute atomic E-state index is 0.109. The highest BCUT2D eigenvalue weighted by molar-refractivity contribution is 5.88. The Labute approximate surface area is 161 Å². The van der Waals surface area contributed by atoms with E-state index < -0.39 is 0 Å². The lowest BCUT2D eigenvalue weighted by atomic mass is 9.86. The van der Waals surface area contributed by atoms with Gasteiger partial charge in [-0.05, 0) is 34.4 Å². The Morgan fingerprint density at radius 1 is 0.964 bits per heavy atom. The molecule has 0 unspecified atom stereocenters. The molecule has 3 aromatic heterocycles. The fourth-order valence-corrected chi connectivity index (χ4v) is 3.41. The third-order valence-electron chi connectivity index (χ3n) is 4.95. The predicted octanol–water partition coefficient (Wildman–Crippen LogP) is 4.03. The van der Waals surface area contributed by atoms with Gasteiger partial charge in [0.15, 0.2) is 5.65 Å². The van der Waals surface area contributed by atoms with Gasteiger partial charge in [0.25, 0.3) is 0 Å². The van der Waals surface area contributed by atoms with Crippen LogP contribution in [0.2, 0.25) is 0 Å². The zero-order valence-corrected chi connectivity index (χ0v) is 15.9. The van der Waals surface area contributed by atoms with Crippen molar-refractivity contribution in [3.8, 4) is 22.6 Å². The summed E-state index contributed by atoms with van der Waals surface area (Å²) < 4.78 is 2.06. The molecule has 2 aromatic carbocycles. The fraction of sp³-hybridized carbons (Fsp3) is 0.190. The van der Waals surface area contributed by atoms with E-state index in [1.165, 1.54) is 5.56 Å². The quantitative estimate of drug-likeness (QED) is 0.508. The Morgan fingerprint density at radius 3 is 2.46 bits per heavy atom. The second-order valence-electron chi connectivity index (χ2n) is 7.85. The van der Waals surface area contributed by atoms with E-state index >= 15 is 0 Å². The highest BCUT2D eigenvalue weighted by Crippen LogP contribution is 2.30. The summed E-state index contributed by atoms with van der Waals surface area (Å²) in [5.74, 6) is 0.547. The number of nitrogens with zero attached hydrogens (tertiary/aromatic N) is 6. The first-order chi connectivity index (χ1) is 13.5. The molecule has 1 N–H and O–H groups in total. The highest BCUT2D eigenvalue weighted by atomic mass is 15.5. The van der Waals surface area contributed by atoms with Crippen LogP contribution in [0.4, 0.5) is 0 Å². The average Bonchev–Trinajstić information content (AvgIpc) is 3.38.